The van der Waals surface area contributed by atoms with Crippen molar-refractivity contribution < 1.29 is 19.1 Å². The molecule has 1 fully saturated rings. The van der Waals surface area contributed by atoms with E-state index >= 15 is 0 Å². The largest absolute Gasteiger partial charge is 0.457 e. The van der Waals surface area contributed by atoms with Crippen LogP contribution in [0.2, 0.25) is 5.15 Å². The van der Waals surface area contributed by atoms with Crippen LogP contribution < -0.4 is 14.5 Å². The lowest BCUT2D eigenvalue weighted by Crippen LogP contribution is -2.50. The number of carbonyl (C=O) groups excluding carboxylic acids is 2. The van der Waals surface area contributed by atoms with Crippen LogP contribution in [-0.4, -0.2) is 60.2 Å². The third-order valence-corrected chi connectivity index (χ3v) is 6.30. The van der Waals surface area contributed by atoms with Crippen molar-refractivity contribution in [2.75, 3.05) is 42.5 Å². The third kappa shape index (κ3) is 6.75. The number of ether oxygens (including phenoxy) is 2. The van der Waals surface area contributed by atoms with E-state index in [0.717, 1.165) is 11.4 Å². The Hall–Kier alpha value is -3.78. The molecule has 0 spiro atoms. The van der Waals surface area contributed by atoms with E-state index in [9.17, 15) is 9.59 Å². The van der Waals surface area contributed by atoms with Crippen LogP contribution in [0.25, 0.3) is 0 Å². The number of piperazine rings is 1. The fraction of sp³-hybridized carbons (Fsp3) is 0.345. The quantitative estimate of drug-likeness (QED) is 0.347. The molecule has 0 atom stereocenters. The molecule has 2 heterocycles. The van der Waals surface area contributed by atoms with Gasteiger partial charge in [0, 0.05) is 38.4 Å². The molecular formula is C29H33ClN4O4. The van der Waals surface area contributed by atoms with Crippen molar-refractivity contribution in [3.05, 3.63) is 77.4 Å². The first-order valence-corrected chi connectivity index (χ1v) is 13.1. The van der Waals surface area contributed by atoms with Crippen molar-refractivity contribution in [1.29, 1.82) is 0 Å². The van der Waals surface area contributed by atoms with Gasteiger partial charge in [0.15, 0.2) is 0 Å². The number of nitrogens with zero attached hydrogens (tertiary/aromatic N) is 4. The Kier molecular flexibility index (Phi) is 8.42. The van der Waals surface area contributed by atoms with Gasteiger partial charge in [-0.1, -0.05) is 29.8 Å². The first kappa shape index (κ1) is 27.3. The lowest BCUT2D eigenvalue weighted by Gasteiger charge is -2.36. The second kappa shape index (κ2) is 11.7. The summed E-state index contributed by atoms with van der Waals surface area (Å²) in [4.78, 5) is 35.6. The van der Waals surface area contributed by atoms with E-state index in [0.29, 0.717) is 49.9 Å². The topological polar surface area (TPSA) is 75.2 Å². The summed E-state index contributed by atoms with van der Waals surface area (Å²) in [5.74, 6) is 1.86. The van der Waals surface area contributed by atoms with E-state index in [-0.39, 0.29) is 17.2 Å². The summed E-state index contributed by atoms with van der Waals surface area (Å²) in [5, 5.41) is 0.143. The molecule has 0 N–H and O–H groups in total. The number of halogens is 1. The van der Waals surface area contributed by atoms with Crippen LogP contribution in [0.3, 0.4) is 0 Å². The number of carbonyl (C=O) groups is 2. The Morgan fingerprint density at radius 3 is 2.13 bits per heavy atom. The minimum atomic E-state index is -0.532. The van der Waals surface area contributed by atoms with Gasteiger partial charge in [0.05, 0.1) is 5.56 Å². The number of hydrogen-bond acceptors (Lipinski definition) is 6. The van der Waals surface area contributed by atoms with E-state index in [1.807, 2.05) is 87.2 Å². The second-order valence-corrected chi connectivity index (χ2v) is 10.3. The normalized spacial score (nSPS) is 13.7. The van der Waals surface area contributed by atoms with E-state index in [2.05, 4.69) is 4.98 Å². The number of amides is 2. The van der Waals surface area contributed by atoms with Crippen molar-refractivity contribution in [3.8, 4) is 11.5 Å². The molecule has 0 unspecified atom stereocenters. The lowest BCUT2D eigenvalue weighted by atomic mass is 10.2. The summed E-state index contributed by atoms with van der Waals surface area (Å²) >= 11 is 6.51. The SMILES string of the molecule is CCN(C(=O)c1ccc(N2CCN(C(=O)OC(C)(C)C)CC2)nc1Cl)c1ccc(Oc2ccccc2)cc1. The number of hydrogen-bond donors (Lipinski definition) is 0. The molecule has 0 aliphatic carbocycles. The van der Waals surface area contributed by atoms with Crippen molar-refractivity contribution in [1.82, 2.24) is 9.88 Å². The number of pyridine rings is 1. The number of rotatable bonds is 6. The molecule has 1 aliphatic heterocycles. The van der Waals surface area contributed by atoms with Gasteiger partial charge in [-0.15, -0.1) is 0 Å². The van der Waals surface area contributed by atoms with Crippen LogP contribution in [0.1, 0.15) is 38.1 Å². The highest BCUT2D eigenvalue weighted by Crippen LogP contribution is 2.27. The summed E-state index contributed by atoms with van der Waals surface area (Å²) in [7, 11) is 0. The fourth-order valence-electron chi connectivity index (χ4n) is 4.11. The fourth-order valence-corrected chi connectivity index (χ4v) is 4.34. The maximum Gasteiger partial charge on any atom is 0.410 e. The summed E-state index contributed by atoms with van der Waals surface area (Å²) in [6.45, 7) is 10.1. The molecule has 0 bridgehead atoms. The predicted molar refractivity (Wildman–Crippen MR) is 150 cm³/mol. The van der Waals surface area contributed by atoms with E-state index in [4.69, 9.17) is 21.1 Å². The minimum absolute atomic E-state index is 0.143. The van der Waals surface area contributed by atoms with E-state index < -0.39 is 5.60 Å². The molecule has 0 saturated carbocycles. The molecule has 9 heteroatoms. The van der Waals surface area contributed by atoms with Gasteiger partial charge in [0.2, 0.25) is 0 Å². The van der Waals surface area contributed by atoms with Gasteiger partial charge in [-0.25, -0.2) is 9.78 Å². The zero-order valence-corrected chi connectivity index (χ0v) is 22.9. The van der Waals surface area contributed by atoms with Gasteiger partial charge in [-0.3, -0.25) is 4.79 Å². The number of para-hydroxylation sites is 1. The average molecular weight is 537 g/mol. The summed E-state index contributed by atoms with van der Waals surface area (Å²) in [6.07, 6.45) is -0.316. The first-order chi connectivity index (χ1) is 18.1. The van der Waals surface area contributed by atoms with Gasteiger partial charge in [-0.05, 0) is 76.2 Å². The highest BCUT2D eigenvalue weighted by Gasteiger charge is 2.27. The van der Waals surface area contributed by atoms with Crippen molar-refractivity contribution >= 4 is 35.1 Å². The molecule has 1 saturated heterocycles. The second-order valence-electron chi connectivity index (χ2n) is 9.92. The molecule has 2 amide bonds. The molecule has 200 valence electrons. The first-order valence-electron chi connectivity index (χ1n) is 12.7. The van der Waals surface area contributed by atoms with Crippen LogP contribution in [0.15, 0.2) is 66.7 Å². The van der Waals surface area contributed by atoms with Crippen LogP contribution in [-0.2, 0) is 4.74 Å². The molecule has 2 aromatic carbocycles. The Morgan fingerprint density at radius 2 is 1.55 bits per heavy atom. The monoisotopic (exact) mass is 536 g/mol. The van der Waals surface area contributed by atoms with Gasteiger partial charge >= 0.3 is 6.09 Å². The van der Waals surface area contributed by atoms with Crippen LogP contribution in [0.4, 0.5) is 16.3 Å². The maximum atomic E-state index is 13.4. The Morgan fingerprint density at radius 1 is 0.921 bits per heavy atom. The molecule has 38 heavy (non-hydrogen) atoms. The predicted octanol–water partition coefficient (Wildman–Crippen LogP) is 6.25. The molecule has 3 aromatic rings. The number of aromatic nitrogens is 1. The van der Waals surface area contributed by atoms with Gasteiger partial charge in [-0.2, -0.15) is 0 Å². The zero-order chi connectivity index (χ0) is 27.3. The molecule has 8 nitrogen and oxygen atoms in total. The summed E-state index contributed by atoms with van der Waals surface area (Å²) in [6, 6.07) is 20.4. The molecule has 1 aromatic heterocycles. The van der Waals surface area contributed by atoms with E-state index in [1.54, 1.807) is 21.9 Å². The molecule has 4 rings (SSSR count). The van der Waals surface area contributed by atoms with Gasteiger partial charge in [0.1, 0.15) is 28.1 Å². The average Bonchev–Trinajstić information content (AvgIpc) is 2.89. The number of anilines is 2. The van der Waals surface area contributed by atoms with Crippen molar-refractivity contribution in [2.24, 2.45) is 0 Å². The Bertz CT molecular complexity index is 1250. The van der Waals surface area contributed by atoms with Gasteiger partial charge in [0.25, 0.3) is 5.91 Å². The van der Waals surface area contributed by atoms with Crippen LogP contribution in [0.5, 0.6) is 11.5 Å². The molecular weight excluding hydrogens is 504 g/mol. The Labute approximate surface area is 228 Å². The summed E-state index contributed by atoms with van der Waals surface area (Å²) < 4.78 is 11.3. The van der Waals surface area contributed by atoms with Crippen LogP contribution in [0, 0.1) is 0 Å². The molecule has 1 aliphatic rings. The Balaban J connectivity index is 1.40. The zero-order valence-electron chi connectivity index (χ0n) is 22.2. The van der Waals surface area contributed by atoms with E-state index in [1.165, 1.54) is 0 Å². The highest BCUT2D eigenvalue weighted by molar-refractivity contribution is 6.33. The van der Waals surface area contributed by atoms with Crippen LogP contribution >= 0.6 is 11.6 Å². The third-order valence-electron chi connectivity index (χ3n) is 6.01. The van der Waals surface area contributed by atoms with Crippen molar-refractivity contribution in [2.45, 2.75) is 33.3 Å². The standard InChI is InChI=1S/C29H33ClN4O4/c1-5-34(21-11-13-23(14-12-21)37-22-9-7-6-8-10-22)27(35)24-15-16-25(31-26(24)30)32-17-19-33(20-18-32)28(36)38-29(2,3)4/h6-16H,5,17-20H2,1-4H3. The molecule has 0 radical (unpaired) electrons. The summed E-state index contributed by atoms with van der Waals surface area (Å²) in [5.41, 5.74) is 0.529. The highest BCUT2D eigenvalue weighted by atomic mass is 35.5. The smallest absolute Gasteiger partial charge is 0.410 e. The van der Waals surface area contributed by atoms with Gasteiger partial charge < -0.3 is 24.2 Å². The number of benzene rings is 2. The van der Waals surface area contributed by atoms with Crippen molar-refractivity contribution in [3.63, 3.8) is 0 Å². The maximum absolute atomic E-state index is 13.4. The lowest BCUT2D eigenvalue weighted by molar-refractivity contribution is 0.0240. The minimum Gasteiger partial charge on any atom is -0.457 e.